The highest BCUT2D eigenvalue weighted by Gasteiger charge is 2.10. The third-order valence-corrected chi connectivity index (χ3v) is 2.65. The molecule has 1 aromatic carbocycles. The molecule has 16 heavy (non-hydrogen) atoms. The van der Waals surface area contributed by atoms with Gasteiger partial charge in [-0.3, -0.25) is 4.79 Å². The van der Waals surface area contributed by atoms with E-state index in [0.29, 0.717) is 5.56 Å². The predicted molar refractivity (Wildman–Crippen MR) is 63.3 cm³/mol. The number of hydrogen-bond donors (Lipinski definition) is 0. The zero-order chi connectivity index (χ0) is 12.1. The minimum absolute atomic E-state index is 0.0146. The molecule has 0 heterocycles. The van der Waals surface area contributed by atoms with E-state index in [1.807, 2.05) is 0 Å². The SMILES string of the molecule is C=COC(=O)c1ccc(SC(C)=O)cc1C. The molecular weight excluding hydrogens is 224 g/mol. The minimum atomic E-state index is -0.438. The van der Waals surface area contributed by atoms with E-state index in [1.165, 1.54) is 6.92 Å². The van der Waals surface area contributed by atoms with Crippen LogP contribution in [0.5, 0.6) is 0 Å². The normalized spacial score (nSPS) is 9.62. The molecule has 0 aliphatic carbocycles. The number of esters is 1. The fraction of sp³-hybridized carbons (Fsp3) is 0.167. The first-order valence-electron chi connectivity index (χ1n) is 4.65. The van der Waals surface area contributed by atoms with Crippen molar-refractivity contribution >= 4 is 22.8 Å². The lowest BCUT2D eigenvalue weighted by Gasteiger charge is -2.05. The van der Waals surface area contributed by atoms with Crippen LogP contribution in [0.3, 0.4) is 0 Å². The maximum Gasteiger partial charge on any atom is 0.343 e. The molecule has 1 rings (SSSR count). The Kier molecular flexibility index (Phi) is 4.31. The minimum Gasteiger partial charge on any atom is -0.432 e. The number of carbonyl (C=O) groups is 2. The van der Waals surface area contributed by atoms with E-state index in [0.717, 1.165) is 28.5 Å². The van der Waals surface area contributed by atoms with Gasteiger partial charge >= 0.3 is 5.97 Å². The van der Waals surface area contributed by atoms with Gasteiger partial charge in [0.05, 0.1) is 11.8 Å². The van der Waals surface area contributed by atoms with E-state index in [4.69, 9.17) is 0 Å². The molecule has 3 nitrogen and oxygen atoms in total. The highest BCUT2D eigenvalue weighted by Crippen LogP contribution is 2.22. The van der Waals surface area contributed by atoms with Gasteiger partial charge in [0.2, 0.25) is 0 Å². The molecule has 0 saturated carbocycles. The van der Waals surface area contributed by atoms with Gasteiger partial charge in [0.15, 0.2) is 5.12 Å². The summed E-state index contributed by atoms with van der Waals surface area (Å²) in [5.41, 5.74) is 1.26. The molecule has 0 spiro atoms. The predicted octanol–water partition coefficient (Wildman–Crippen LogP) is 2.93. The number of rotatable bonds is 3. The van der Waals surface area contributed by atoms with Crippen LogP contribution in [0.4, 0.5) is 0 Å². The highest BCUT2D eigenvalue weighted by atomic mass is 32.2. The van der Waals surface area contributed by atoms with Crippen molar-refractivity contribution in [1.29, 1.82) is 0 Å². The van der Waals surface area contributed by atoms with Crippen LogP contribution in [0.25, 0.3) is 0 Å². The monoisotopic (exact) mass is 236 g/mol. The molecule has 0 atom stereocenters. The first kappa shape index (κ1) is 12.5. The van der Waals surface area contributed by atoms with Crippen molar-refractivity contribution in [3.8, 4) is 0 Å². The van der Waals surface area contributed by atoms with Crippen molar-refractivity contribution in [2.24, 2.45) is 0 Å². The largest absolute Gasteiger partial charge is 0.432 e. The number of benzene rings is 1. The summed E-state index contributed by atoms with van der Waals surface area (Å²) in [6, 6.07) is 5.15. The highest BCUT2D eigenvalue weighted by molar-refractivity contribution is 8.13. The number of hydrogen-bond acceptors (Lipinski definition) is 4. The van der Waals surface area contributed by atoms with Crippen molar-refractivity contribution < 1.29 is 14.3 Å². The summed E-state index contributed by atoms with van der Waals surface area (Å²) in [6.07, 6.45) is 1.10. The molecule has 0 unspecified atom stereocenters. The van der Waals surface area contributed by atoms with Gasteiger partial charge in [0, 0.05) is 11.8 Å². The Morgan fingerprint density at radius 2 is 2.12 bits per heavy atom. The Morgan fingerprint density at radius 3 is 2.62 bits per heavy atom. The van der Waals surface area contributed by atoms with Gasteiger partial charge < -0.3 is 4.74 Å². The number of thioether (sulfide) groups is 1. The molecule has 0 amide bonds. The molecule has 0 saturated heterocycles. The lowest BCUT2D eigenvalue weighted by Crippen LogP contribution is -2.02. The Morgan fingerprint density at radius 1 is 1.44 bits per heavy atom. The average molecular weight is 236 g/mol. The number of aryl methyl sites for hydroxylation is 1. The third-order valence-electron chi connectivity index (χ3n) is 1.87. The van der Waals surface area contributed by atoms with Crippen molar-refractivity contribution in [2.45, 2.75) is 18.7 Å². The lowest BCUT2D eigenvalue weighted by atomic mass is 10.1. The van der Waals surface area contributed by atoms with E-state index in [-0.39, 0.29) is 5.12 Å². The van der Waals surface area contributed by atoms with E-state index < -0.39 is 5.97 Å². The van der Waals surface area contributed by atoms with Crippen molar-refractivity contribution in [1.82, 2.24) is 0 Å². The standard InChI is InChI=1S/C12H12O3S/c1-4-15-12(14)11-6-5-10(7-8(11)2)16-9(3)13/h4-7H,1H2,2-3H3. The number of ether oxygens (including phenoxy) is 1. The molecule has 0 aromatic heterocycles. The Hall–Kier alpha value is -1.55. The summed E-state index contributed by atoms with van der Waals surface area (Å²) >= 11 is 1.14. The maximum atomic E-state index is 11.4. The van der Waals surface area contributed by atoms with Crippen LogP contribution in [0, 0.1) is 6.92 Å². The second-order valence-corrected chi connectivity index (χ2v) is 4.39. The van der Waals surface area contributed by atoms with Crippen molar-refractivity contribution in [3.05, 3.63) is 42.2 Å². The summed E-state index contributed by atoms with van der Waals surface area (Å²) in [5, 5.41) is 0.0146. The fourth-order valence-electron chi connectivity index (χ4n) is 1.23. The summed E-state index contributed by atoms with van der Waals surface area (Å²) in [6.45, 7) is 6.62. The van der Waals surface area contributed by atoms with E-state index in [9.17, 15) is 9.59 Å². The quantitative estimate of drug-likeness (QED) is 0.460. The van der Waals surface area contributed by atoms with Crippen LogP contribution in [-0.4, -0.2) is 11.1 Å². The Labute approximate surface area is 98.5 Å². The summed E-state index contributed by atoms with van der Waals surface area (Å²) in [7, 11) is 0. The van der Waals surface area contributed by atoms with Crippen molar-refractivity contribution in [2.75, 3.05) is 0 Å². The Balaban J connectivity index is 2.95. The van der Waals surface area contributed by atoms with Crippen LogP contribution in [0.2, 0.25) is 0 Å². The molecule has 0 bridgehead atoms. The molecule has 0 fully saturated rings. The second-order valence-electron chi connectivity index (χ2n) is 3.14. The first-order valence-corrected chi connectivity index (χ1v) is 5.47. The molecular formula is C12H12O3S. The average Bonchev–Trinajstić information content (AvgIpc) is 2.16. The molecule has 0 aliphatic rings. The van der Waals surface area contributed by atoms with Gasteiger partial charge in [0.1, 0.15) is 0 Å². The molecule has 0 N–H and O–H groups in total. The molecule has 0 aliphatic heterocycles. The van der Waals surface area contributed by atoms with Gasteiger partial charge in [-0.1, -0.05) is 18.3 Å². The smallest absolute Gasteiger partial charge is 0.343 e. The van der Waals surface area contributed by atoms with Crippen LogP contribution < -0.4 is 0 Å². The van der Waals surface area contributed by atoms with Gasteiger partial charge in [-0.15, -0.1) is 0 Å². The van der Waals surface area contributed by atoms with Gasteiger partial charge in [-0.05, 0) is 30.7 Å². The summed E-state index contributed by atoms with van der Waals surface area (Å²) < 4.78 is 4.68. The zero-order valence-corrected chi connectivity index (χ0v) is 9.97. The molecule has 1 aromatic rings. The van der Waals surface area contributed by atoms with E-state index in [1.54, 1.807) is 25.1 Å². The molecule has 4 heteroatoms. The topological polar surface area (TPSA) is 43.4 Å². The van der Waals surface area contributed by atoms with Gasteiger partial charge in [-0.25, -0.2) is 4.79 Å². The molecule has 0 radical (unpaired) electrons. The summed E-state index contributed by atoms with van der Waals surface area (Å²) in [5.74, 6) is -0.438. The van der Waals surface area contributed by atoms with Crippen LogP contribution in [-0.2, 0) is 9.53 Å². The summed E-state index contributed by atoms with van der Waals surface area (Å²) in [4.78, 5) is 23.2. The van der Waals surface area contributed by atoms with Crippen molar-refractivity contribution in [3.63, 3.8) is 0 Å². The van der Waals surface area contributed by atoms with Gasteiger partial charge in [0.25, 0.3) is 0 Å². The fourth-order valence-corrected chi connectivity index (χ4v) is 1.94. The van der Waals surface area contributed by atoms with E-state index in [2.05, 4.69) is 11.3 Å². The second kappa shape index (κ2) is 5.51. The van der Waals surface area contributed by atoms with Crippen LogP contribution >= 0.6 is 11.8 Å². The van der Waals surface area contributed by atoms with Gasteiger partial charge in [-0.2, -0.15) is 0 Å². The maximum absolute atomic E-state index is 11.4. The zero-order valence-electron chi connectivity index (χ0n) is 9.15. The molecule has 84 valence electrons. The Bertz CT molecular complexity index is 438. The van der Waals surface area contributed by atoms with Crippen LogP contribution in [0.1, 0.15) is 22.8 Å². The third kappa shape index (κ3) is 3.24. The lowest BCUT2D eigenvalue weighted by molar-refractivity contribution is -0.109. The van der Waals surface area contributed by atoms with E-state index >= 15 is 0 Å². The first-order chi connectivity index (χ1) is 7.54. The van der Waals surface area contributed by atoms with Crippen LogP contribution in [0.15, 0.2) is 35.9 Å². The number of carbonyl (C=O) groups excluding carboxylic acids is 2.